The number of anilines is 1. The standard InChI is InChI=1S/C18H15ClN4O2S/c19-13-8-6-12(7-9-13)11-20-23-18-22-17(25)15(26-18)10-16(24)21-14-4-2-1-3-5-14/h1-9,11,15H,10H2,(H,21,24)(H,22,23,25). The molecular weight excluding hydrogens is 372 g/mol. The van der Waals surface area contributed by atoms with Crippen molar-refractivity contribution in [1.82, 2.24) is 5.32 Å². The number of thioether (sulfide) groups is 1. The van der Waals surface area contributed by atoms with E-state index in [1.807, 2.05) is 30.3 Å². The van der Waals surface area contributed by atoms with Gasteiger partial charge in [0.1, 0.15) is 5.25 Å². The van der Waals surface area contributed by atoms with Gasteiger partial charge in [0.15, 0.2) is 5.17 Å². The van der Waals surface area contributed by atoms with E-state index in [0.29, 0.717) is 15.9 Å². The first-order chi connectivity index (χ1) is 12.6. The van der Waals surface area contributed by atoms with E-state index in [1.165, 1.54) is 11.8 Å². The number of amides is 2. The summed E-state index contributed by atoms with van der Waals surface area (Å²) in [7, 11) is 0. The maximum Gasteiger partial charge on any atom is 0.240 e. The molecule has 6 nitrogen and oxygen atoms in total. The van der Waals surface area contributed by atoms with Crippen molar-refractivity contribution in [3.05, 3.63) is 65.2 Å². The van der Waals surface area contributed by atoms with Crippen LogP contribution in [0.15, 0.2) is 64.8 Å². The highest BCUT2D eigenvalue weighted by Crippen LogP contribution is 2.23. The number of carbonyl (C=O) groups excluding carboxylic acids is 2. The van der Waals surface area contributed by atoms with E-state index < -0.39 is 5.25 Å². The normalized spacial score (nSPS) is 18.3. The molecule has 132 valence electrons. The van der Waals surface area contributed by atoms with Gasteiger partial charge in [-0.05, 0) is 29.8 Å². The van der Waals surface area contributed by atoms with Crippen molar-refractivity contribution < 1.29 is 9.59 Å². The van der Waals surface area contributed by atoms with Crippen LogP contribution >= 0.6 is 23.4 Å². The van der Waals surface area contributed by atoms with Gasteiger partial charge in [0.2, 0.25) is 11.8 Å². The zero-order valence-corrected chi connectivity index (χ0v) is 15.1. The topological polar surface area (TPSA) is 82.9 Å². The average Bonchev–Trinajstić information content (AvgIpc) is 2.97. The molecule has 1 aliphatic heterocycles. The second kappa shape index (κ2) is 8.64. The predicted octanol–water partition coefficient (Wildman–Crippen LogP) is 3.29. The highest BCUT2D eigenvalue weighted by atomic mass is 35.5. The Morgan fingerprint density at radius 3 is 2.65 bits per heavy atom. The van der Waals surface area contributed by atoms with Gasteiger partial charge in [-0.1, -0.05) is 53.7 Å². The van der Waals surface area contributed by atoms with Gasteiger partial charge in [-0.15, -0.1) is 5.10 Å². The van der Waals surface area contributed by atoms with E-state index in [4.69, 9.17) is 11.6 Å². The van der Waals surface area contributed by atoms with Gasteiger partial charge in [-0.3, -0.25) is 9.59 Å². The van der Waals surface area contributed by atoms with Gasteiger partial charge >= 0.3 is 0 Å². The molecule has 2 amide bonds. The highest BCUT2D eigenvalue weighted by molar-refractivity contribution is 8.15. The van der Waals surface area contributed by atoms with Crippen LogP contribution in [0.2, 0.25) is 5.02 Å². The van der Waals surface area contributed by atoms with E-state index in [2.05, 4.69) is 20.8 Å². The quantitative estimate of drug-likeness (QED) is 0.611. The van der Waals surface area contributed by atoms with Crippen molar-refractivity contribution >= 4 is 52.2 Å². The Kier molecular flexibility index (Phi) is 6.04. The first kappa shape index (κ1) is 18.2. The van der Waals surface area contributed by atoms with Gasteiger partial charge in [0.05, 0.1) is 6.21 Å². The molecule has 1 saturated heterocycles. The van der Waals surface area contributed by atoms with Crippen LogP contribution in [0, 0.1) is 0 Å². The van der Waals surface area contributed by atoms with Crippen molar-refractivity contribution in [1.29, 1.82) is 0 Å². The number of rotatable bonds is 5. The molecular formula is C18H15ClN4O2S. The van der Waals surface area contributed by atoms with Crippen molar-refractivity contribution in [2.45, 2.75) is 11.7 Å². The minimum atomic E-state index is -0.525. The average molecular weight is 387 g/mol. The van der Waals surface area contributed by atoms with Gasteiger partial charge in [-0.2, -0.15) is 5.10 Å². The molecule has 1 aliphatic rings. The Morgan fingerprint density at radius 1 is 1.19 bits per heavy atom. The van der Waals surface area contributed by atoms with Crippen molar-refractivity contribution in [3.8, 4) is 0 Å². The number of nitrogens with one attached hydrogen (secondary N) is 2. The summed E-state index contributed by atoms with van der Waals surface area (Å²) in [4.78, 5) is 24.0. The molecule has 26 heavy (non-hydrogen) atoms. The maximum atomic E-state index is 12.1. The van der Waals surface area contributed by atoms with Crippen LogP contribution in [0.3, 0.4) is 0 Å². The number of nitrogens with zero attached hydrogens (tertiary/aromatic N) is 2. The Balaban J connectivity index is 1.54. The molecule has 1 fully saturated rings. The summed E-state index contributed by atoms with van der Waals surface area (Å²) in [6.07, 6.45) is 1.62. The lowest BCUT2D eigenvalue weighted by molar-refractivity contribution is -0.122. The van der Waals surface area contributed by atoms with Crippen LogP contribution < -0.4 is 10.6 Å². The summed E-state index contributed by atoms with van der Waals surface area (Å²) in [5.74, 6) is -0.478. The summed E-state index contributed by atoms with van der Waals surface area (Å²) < 4.78 is 0. The number of amidine groups is 1. The molecule has 8 heteroatoms. The van der Waals surface area contributed by atoms with Gasteiger partial charge in [0.25, 0.3) is 0 Å². The Bertz CT molecular complexity index is 853. The number of hydrogen-bond acceptors (Lipinski definition) is 5. The summed E-state index contributed by atoms with van der Waals surface area (Å²) in [5.41, 5.74) is 1.54. The lowest BCUT2D eigenvalue weighted by atomic mass is 10.2. The summed E-state index contributed by atoms with van der Waals surface area (Å²) >= 11 is 7.01. The van der Waals surface area contributed by atoms with E-state index in [1.54, 1.807) is 30.5 Å². The third-order valence-electron chi connectivity index (χ3n) is 3.43. The molecule has 0 radical (unpaired) electrons. The molecule has 3 rings (SSSR count). The van der Waals surface area contributed by atoms with Crippen LogP contribution in [-0.4, -0.2) is 28.4 Å². The molecule has 0 aromatic heterocycles. The van der Waals surface area contributed by atoms with E-state index in [0.717, 1.165) is 5.56 Å². The van der Waals surface area contributed by atoms with Crippen molar-refractivity contribution in [2.75, 3.05) is 5.32 Å². The molecule has 1 unspecified atom stereocenters. The SMILES string of the molecule is O=C(CC1SC(=NN=Cc2ccc(Cl)cc2)NC1=O)Nc1ccccc1. The number of para-hydroxylation sites is 1. The fourth-order valence-electron chi connectivity index (χ4n) is 2.19. The second-order valence-corrected chi connectivity index (χ2v) is 7.04. The second-order valence-electron chi connectivity index (χ2n) is 5.42. The zero-order valence-electron chi connectivity index (χ0n) is 13.6. The number of benzene rings is 2. The lowest BCUT2D eigenvalue weighted by Crippen LogP contribution is -2.28. The van der Waals surface area contributed by atoms with Gasteiger partial charge < -0.3 is 10.6 Å². The predicted molar refractivity (Wildman–Crippen MR) is 106 cm³/mol. The van der Waals surface area contributed by atoms with Crippen LogP contribution in [0.5, 0.6) is 0 Å². The molecule has 0 aliphatic carbocycles. The minimum Gasteiger partial charge on any atom is -0.326 e. The van der Waals surface area contributed by atoms with Crippen LogP contribution in [0.25, 0.3) is 0 Å². The number of carbonyl (C=O) groups is 2. The number of halogens is 1. The van der Waals surface area contributed by atoms with Crippen molar-refractivity contribution in [2.24, 2.45) is 10.2 Å². The highest BCUT2D eigenvalue weighted by Gasteiger charge is 2.32. The maximum absolute atomic E-state index is 12.1. The Morgan fingerprint density at radius 2 is 1.92 bits per heavy atom. The van der Waals surface area contributed by atoms with Crippen molar-refractivity contribution in [3.63, 3.8) is 0 Å². The van der Waals surface area contributed by atoms with Crippen LogP contribution in [0.4, 0.5) is 5.69 Å². The molecule has 1 atom stereocenters. The van der Waals surface area contributed by atoms with E-state index in [-0.39, 0.29) is 18.2 Å². The number of hydrogen-bond donors (Lipinski definition) is 2. The Hall–Kier alpha value is -2.64. The molecule has 0 bridgehead atoms. The molecule has 2 N–H and O–H groups in total. The smallest absolute Gasteiger partial charge is 0.240 e. The fourth-order valence-corrected chi connectivity index (χ4v) is 3.24. The Labute approximate surface area is 159 Å². The first-order valence-corrected chi connectivity index (χ1v) is 9.05. The lowest BCUT2D eigenvalue weighted by Gasteiger charge is -2.06. The van der Waals surface area contributed by atoms with Gasteiger partial charge in [0, 0.05) is 17.1 Å². The summed E-state index contributed by atoms with van der Waals surface area (Å²) in [6.45, 7) is 0. The molecule has 0 spiro atoms. The third kappa shape index (κ3) is 5.18. The zero-order chi connectivity index (χ0) is 18.4. The molecule has 2 aromatic carbocycles. The monoisotopic (exact) mass is 386 g/mol. The largest absolute Gasteiger partial charge is 0.326 e. The summed E-state index contributed by atoms with van der Waals surface area (Å²) in [5, 5.41) is 13.8. The van der Waals surface area contributed by atoms with E-state index >= 15 is 0 Å². The summed E-state index contributed by atoms with van der Waals surface area (Å²) in [6, 6.07) is 16.2. The van der Waals surface area contributed by atoms with Crippen LogP contribution in [-0.2, 0) is 9.59 Å². The van der Waals surface area contributed by atoms with E-state index in [9.17, 15) is 9.59 Å². The molecule has 1 heterocycles. The van der Waals surface area contributed by atoms with Gasteiger partial charge in [-0.25, -0.2) is 0 Å². The molecule has 0 saturated carbocycles. The fraction of sp³-hybridized carbons (Fsp3) is 0.111. The first-order valence-electron chi connectivity index (χ1n) is 7.79. The third-order valence-corrected chi connectivity index (χ3v) is 4.75. The minimum absolute atomic E-state index is 0.0608. The molecule has 2 aromatic rings. The van der Waals surface area contributed by atoms with Crippen LogP contribution in [0.1, 0.15) is 12.0 Å².